The highest BCUT2D eigenvalue weighted by atomic mass is 32.2. The minimum atomic E-state index is -3.61. The number of aliphatic hydroxyl groups is 1. The normalized spacial score (nSPS) is 11.4. The van der Waals surface area contributed by atoms with Gasteiger partial charge < -0.3 is 5.11 Å². The molecule has 0 aliphatic carbocycles. The van der Waals surface area contributed by atoms with Gasteiger partial charge in [-0.25, -0.2) is 8.42 Å². The fourth-order valence-electron chi connectivity index (χ4n) is 1.63. The quantitative estimate of drug-likeness (QED) is 0.823. The molecular weight excluding hydrogens is 250 g/mol. The van der Waals surface area contributed by atoms with Crippen LogP contribution in [0.3, 0.4) is 0 Å². The number of hydrogen-bond donors (Lipinski definition) is 2. The molecule has 2 N–H and O–H groups in total. The molecular formula is C13H13NO3S. The molecule has 2 rings (SSSR count). The Bertz CT molecular complexity index is 606. The van der Waals surface area contributed by atoms with Gasteiger partial charge in [0.1, 0.15) is 6.73 Å². The van der Waals surface area contributed by atoms with E-state index in [2.05, 4.69) is 0 Å². The second-order valence-electron chi connectivity index (χ2n) is 3.70. The predicted octanol–water partition coefficient (Wildman–Crippen LogP) is 1.58. The zero-order chi connectivity index (χ0) is 13.0. The summed E-state index contributed by atoms with van der Waals surface area (Å²) in [6.45, 7) is -0.608. The Morgan fingerprint density at radius 2 is 1.44 bits per heavy atom. The van der Waals surface area contributed by atoms with Gasteiger partial charge in [0.05, 0.1) is 4.90 Å². The first-order chi connectivity index (χ1) is 8.63. The van der Waals surface area contributed by atoms with E-state index in [0.717, 1.165) is 11.1 Å². The van der Waals surface area contributed by atoms with E-state index in [9.17, 15) is 8.42 Å². The van der Waals surface area contributed by atoms with Crippen molar-refractivity contribution in [3.8, 4) is 11.1 Å². The van der Waals surface area contributed by atoms with Gasteiger partial charge in [-0.1, -0.05) is 42.5 Å². The van der Waals surface area contributed by atoms with Gasteiger partial charge in [0.15, 0.2) is 0 Å². The van der Waals surface area contributed by atoms with E-state index in [-0.39, 0.29) is 4.90 Å². The average molecular weight is 263 g/mol. The molecule has 0 aromatic heterocycles. The van der Waals surface area contributed by atoms with Crippen LogP contribution in [0.4, 0.5) is 0 Å². The Balaban J connectivity index is 2.32. The van der Waals surface area contributed by atoms with Crippen LogP contribution in [-0.4, -0.2) is 20.3 Å². The van der Waals surface area contributed by atoms with Crippen molar-refractivity contribution in [2.75, 3.05) is 6.73 Å². The number of hydrogen-bond acceptors (Lipinski definition) is 3. The third-order valence-electron chi connectivity index (χ3n) is 2.53. The second kappa shape index (κ2) is 5.30. The Hall–Kier alpha value is -1.69. The lowest BCUT2D eigenvalue weighted by molar-refractivity contribution is 0.288. The molecule has 0 unspecified atom stereocenters. The lowest BCUT2D eigenvalue weighted by Gasteiger charge is -2.05. The molecule has 0 aliphatic rings. The highest BCUT2D eigenvalue weighted by Gasteiger charge is 2.12. The first-order valence-corrected chi connectivity index (χ1v) is 6.88. The summed E-state index contributed by atoms with van der Waals surface area (Å²) < 4.78 is 25.2. The molecule has 0 radical (unpaired) electrons. The van der Waals surface area contributed by atoms with E-state index >= 15 is 0 Å². The van der Waals surface area contributed by atoms with Crippen LogP contribution in [0.1, 0.15) is 0 Å². The summed E-state index contributed by atoms with van der Waals surface area (Å²) >= 11 is 0. The number of sulfonamides is 1. The number of benzene rings is 2. The third-order valence-corrected chi connectivity index (χ3v) is 3.93. The van der Waals surface area contributed by atoms with E-state index in [4.69, 9.17) is 5.11 Å². The number of nitrogens with one attached hydrogen (secondary N) is 1. The van der Waals surface area contributed by atoms with Gasteiger partial charge in [0.2, 0.25) is 10.0 Å². The summed E-state index contributed by atoms with van der Waals surface area (Å²) in [5.74, 6) is 0. The summed E-state index contributed by atoms with van der Waals surface area (Å²) in [7, 11) is -3.61. The van der Waals surface area contributed by atoms with Gasteiger partial charge >= 0.3 is 0 Å². The maximum absolute atomic E-state index is 11.6. The molecule has 18 heavy (non-hydrogen) atoms. The van der Waals surface area contributed by atoms with Gasteiger partial charge in [0.25, 0.3) is 0 Å². The van der Waals surface area contributed by atoms with E-state index in [1.807, 2.05) is 35.1 Å². The number of rotatable bonds is 4. The van der Waals surface area contributed by atoms with E-state index in [1.54, 1.807) is 12.1 Å². The Kier molecular flexibility index (Phi) is 3.76. The summed E-state index contributed by atoms with van der Waals surface area (Å²) in [5.41, 5.74) is 1.97. The lowest BCUT2D eigenvalue weighted by atomic mass is 10.1. The van der Waals surface area contributed by atoms with Crippen LogP contribution in [0.15, 0.2) is 59.5 Å². The maximum Gasteiger partial charge on any atom is 0.242 e. The van der Waals surface area contributed by atoms with Crippen molar-refractivity contribution in [2.24, 2.45) is 0 Å². The van der Waals surface area contributed by atoms with Crippen LogP contribution >= 0.6 is 0 Å². The molecule has 0 fully saturated rings. The molecule has 5 heteroatoms. The standard InChI is InChI=1S/C13H13NO3S/c15-10-14-18(16,17)13-8-6-12(7-9-13)11-4-2-1-3-5-11/h1-9,14-15H,10H2. The van der Waals surface area contributed by atoms with Crippen molar-refractivity contribution in [3.63, 3.8) is 0 Å². The Labute approximate surface area is 106 Å². The van der Waals surface area contributed by atoms with Crippen LogP contribution in [0, 0.1) is 0 Å². The fourth-order valence-corrected chi connectivity index (χ4v) is 2.46. The van der Waals surface area contributed by atoms with Crippen molar-refractivity contribution < 1.29 is 13.5 Å². The molecule has 0 bridgehead atoms. The van der Waals surface area contributed by atoms with Crippen molar-refractivity contribution in [1.29, 1.82) is 0 Å². The minimum Gasteiger partial charge on any atom is -0.380 e. The Morgan fingerprint density at radius 3 is 2.00 bits per heavy atom. The monoisotopic (exact) mass is 263 g/mol. The summed E-state index contributed by atoms with van der Waals surface area (Å²) in [4.78, 5) is 0.135. The molecule has 0 saturated carbocycles. The van der Waals surface area contributed by atoms with Gasteiger partial charge in [-0.15, -0.1) is 0 Å². The maximum atomic E-state index is 11.6. The van der Waals surface area contributed by atoms with Crippen LogP contribution in [0.25, 0.3) is 11.1 Å². The highest BCUT2D eigenvalue weighted by Crippen LogP contribution is 2.20. The van der Waals surface area contributed by atoms with Crippen molar-refractivity contribution in [2.45, 2.75) is 4.90 Å². The predicted molar refractivity (Wildman–Crippen MR) is 69.3 cm³/mol. The highest BCUT2D eigenvalue weighted by molar-refractivity contribution is 7.89. The molecule has 0 amide bonds. The fraction of sp³-hybridized carbons (Fsp3) is 0.0769. The zero-order valence-electron chi connectivity index (χ0n) is 9.58. The first kappa shape index (κ1) is 12.8. The van der Waals surface area contributed by atoms with E-state index < -0.39 is 16.8 Å². The van der Waals surface area contributed by atoms with Crippen LogP contribution in [-0.2, 0) is 10.0 Å². The molecule has 0 heterocycles. The van der Waals surface area contributed by atoms with E-state index in [0.29, 0.717) is 0 Å². The van der Waals surface area contributed by atoms with Crippen LogP contribution in [0.2, 0.25) is 0 Å². The van der Waals surface area contributed by atoms with Gasteiger partial charge in [-0.3, -0.25) is 0 Å². The molecule has 0 atom stereocenters. The van der Waals surface area contributed by atoms with E-state index in [1.165, 1.54) is 12.1 Å². The largest absolute Gasteiger partial charge is 0.380 e. The molecule has 0 saturated heterocycles. The number of aliphatic hydroxyl groups excluding tert-OH is 1. The summed E-state index contributed by atoms with van der Waals surface area (Å²) in [6.07, 6.45) is 0. The first-order valence-electron chi connectivity index (χ1n) is 5.39. The van der Waals surface area contributed by atoms with Gasteiger partial charge in [0, 0.05) is 0 Å². The molecule has 0 aliphatic heterocycles. The smallest absolute Gasteiger partial charge is 0.242 e. The molecule has 94 valence electrons. The average Bonchev–Trinajstić information content (AvgIpc) is 2.40. The van der Waals surface area contributed by atoms with Crippen LogP contribution < -0.4 is 4.72 Å². The molecule has 2 aromatic carbocycles. The summed E-state index contributed by atoms with van der Waals surface area (Å²) in [6, 6.07) is 16.2. The minimum absolute atomic E-state index is 0.135. The lowest BCUT2D eigenvalue weighted by Crippen LogP contribution is -2.24. The zero-order valence-corrected chi connectivity index (χ0v) is 10.4. The van der Waals surface area contributed by atoms with Crippen molar-refractivity contribution in [3.05, 3.63) is 54.6 Å². The molecule has 4 nitrogen and oxygen atoms in total. The van der Waals surface area contributed by atoms with Crippen molar-refractivity contribution >= 4 is 10.0 Å². The topological polar surface area (TPSA) is 66.4 Å². The molecule has 0 spiro atoms. The van der Waals surface area contributed by atoms with Gasteiger partial charge in [-0.05, 0) is 23.3 Å². The third kappa shape index (κ3) is 2.76. The SMILES string of the molecule is O=S(=O)(NCO)c1ccc(-c2ccccc2)cc1. The van der Waals surface area contributed by atoms with Crippen LogP contribution in [0.5, 0.6) is 0 Å². The Morgan fingerprint density at radius 1 is 0.889 bits per heavy atom. The summed E-state index contributed by atoms with van der Waals surface area (Å²) in [5, 5.41) is 8.61. The second-order valence-corrected chi connectivity index (χ2v) is 5.46. The van der Waals surface area contributed by atoms with Gasteiger partial charge in [-0.2, -0.15) is 4.72 Å². The van der Waals surface area contributed by atoms with Crippen molar-refractivity contribution in [1.82, 2.24) is 4.72 Å². The molecule has 2 aromatic rings.